The zero-order chi connectivity index (χ0) is 18.6. The van der Waals surface area contributed by atoms with E-state index in [1.165, 1.54) is 0 Å². The molecule has 5 heteroatoms. The molecule has 1 aliphatic heterocycles. The monoisotopic (exact) mass is 363 g/mol. The Morgan fingerprint density at radius 3 is 2.67 bits per heavy atom. The maximum Gasteiger partial charge on any atom is 0.231 e. The van der Waals surface area contributed by atoms with Gasteiger partial charge in [0.2, 0.25) is 12.7 Å². The molecule has 0 saturated carbocycles. The average Bonchev–Trinajstić information content (AvgIpc) is 3.35. The molecule has 0 aliphatic carbocycles. The quantitative estimate of drug-likeness (QED) is 0.656. The van der Waals surface area contributed by atoms with Gasteiger partial charge < -0.3 is 18.8 Å². The molecule has 1 aliphatic rings. The van der Waals surface area contributed by atoms with E-state index in [2.05, 4.69) is 0 Å². The summed E-state index contributed by atoms with van der Waals surface area (Å²) in [7, 11) is 1.81. The van der Waals surface area contributed by atoms with Gasteiger partial charge in [-0.3, -0.25) is 4.79 Å². The summed E-state index contributed by atoms with van der Waals surface area (Å²) in [6.45, 7) is 0.782. The Morgan fingerprint density at radius 2 is 1.81 bits per heavy atom. The predicted octanol–water partition coefficient (Wildman–Crippen LogP) is 4.27. The second-order valence-electron chi connectivity index (χ2n) is 6.57. The van der Waals surface area contributed by atoms with Gasteiger partial charge in [-0.15, -0.1) is 0 Å². The van der Waals surface area contributed by atoms with Crippen LogP contribution >= 0.6 is 0 Å². The SMILES string of the molecule is CN(Cc1ccc2c(c1)OCO2)C(=O)CCc1ccc(-c2ccccc2)o1. The molecule has 1 amide bonds. The van der Waals surface area contributed by atoms with Crippen molar-refractivity contribution in [2.45, 2.75) is 19.4 Å². The minimum atomic E-state index is 0.0744. The molecule has 0 spiro atoms. The van der Waals surface area contributed by atoms with Crippen molar-refractivity contribution >= 4 is 5.91 Å². The number of nitrogens with zero attached hydrogens (tertiary/aromatic N) is 1. The number of carbonyl (C=O) groups excluding carboxylic acids is 1. The molecule has 0 saturated heterocycles. The number of fused-ring (bicyclic) bond motifs is 1. The van der Waals surface area contributed by atoms with Gasteiger partial charge in [0.15, 0.2) is 11.5 Å². The molecule has 0 bridgehead atoms. The van der Waals surface area contributed by atoms with Gasteiger partial charge in [0.1, 0.15) is 11.5 Å². The summed E-state index contributed by atoms with van der Waals surface area (Å²) < 4.78 is 16.6. The molecular formula is C22H21NO4. The fourth-order valence-electron chi connectivity index (χ4n) is 3.09. The molecule has 5 nitrogen and oxygen atoms in total. The summed E-state index contributed by atoms with van der Waals surface area (Å²) in [5.74, 6) is 3.20. The van der Waals surface area contributed by atoms with Crippen LogP contribution in [0.15, 0.2) is 65.1 Å². The molecule has 0 unspecified atom stereocenters. The van der Waals surface area contributed by atoms with Crippen LogP contribution in [0.3, 0.4) is 0 Å². The Morgan fingerprint density at radius 1 is 1.00 bits per heavy atom. The maximum absolute atomic E-state index is 12.5. The van der Waals surface area contributed by atoms with Crippen LogP contribution in [0.1, 0.15) is 17.7 Å². The minimum Gasteiger partial charge on any atom is -0.461 e. The lowest BCUT2D eigenvalue weighted by Crippen LogP contribution is -2.26. The van der Waals surface area contributed by atoms with Gasteiger partial charge in [-0.2, -0.15) is 0 Å². The summed E-state index contributed by atoms with van der Waals surface area (Å²) in [4.78, 5) is 14.2. The Bertz CT molecular complexity index is 932. The third-order valence-electron chi connectivity index (χ3n) is 4.59. The van der Waals surface area contributed by atoms with E-state index in [1.807, 2.05) is 67.7 Å². The van der Waals surface area contributed by atoms with E-state index < -0.39 is 0 Å². The Labute approximate surface area is 158 Å². The van der Waals surface area contributed by atoms with Gasteiger partial charge in [-0.05, 0) is 29.8 Å². The zero-order valence-electron chi connectivity index (χ0n) is 15.2. The fraction of sp³-hybridized carbons (Fsp3) is 0.227. The van der Waals surface area contributed by atoms with Crippen LogP contribution in [0.25, 0.3) is 11.3 Å². The lowest BCUT2D eigenvalue weighted by atomic mass is 10.1. The first-order valence-corrected chi connectivity index (χ1v) is 8.96. The highest BCUT2D eigenvalue weighted by Gasteiger charge is 2.16. The molecule has 2 heterocycles. The Kier molecular flexibility index (Phi) is 4.83. The molecule has 0 N–H and O–H groups in total. The highest BCUT2D eigenvalue weighted by atomic mass is 16.7. The third-order valence-corrected chi connectivity index (χ3v) is 4.59. The lowest BCUT2D eigenvalue weighted by molar-refractivity contribution is -0.130. The highest BCUT2D eigenvalue weighted by molar-refractivity contribution is 5.76. The molecule has 2 aromatic carbocycles. The van der Waals surface area contributed by atoms with E-state index in [1.54, 1.807) is 4.90 Å². The predicted molar refractivity (Wildman–Crippen MR) is 102 cm³/mol. The van der Waals surface area contributed by atoms with Crippen molar-refractivity contribution in [1.82, 2.24) is 4.90 Å². The molecule has 138 valence electrons. The topological polar surface area (TPSA) is 51.9 Å². The summed E-state index contributed by atoms with van der Waals surface area (Å²) in [5, 5.41) is 0. The van der Waals surface area contributed by atoms with Crippen molar-refractivity contribution in [3.8, 4) is 22.8 Å². The van der Waals surface area contributed by atoms with Gasteiger partial charge in [-0.25, -0.2) is 0 Å². The molecule has 0 fully saturated rings. The Balaban J connectivity index is 1.32. The van der Waals surface area contributed by atoms with Gasteiger partial charge in [0.05, 0.1) is 0 Å². The largest absolute Gasteiger partial charge is 0.461 e. The van der Waals surface area contributed by atoms with Gasteiger partial charge in [0, 0.05) is 32.0 Å². The normalized spacial score (nSPS) is 12.2. The van der Waals surface area contributed by atoms with Crippen molar-refractivity contribution in [3.63, 3.8) is 0 Å². The van der Waals surface area contributed by atoms with Crippen LogP contribution in [0.4, 0.5) is 0 Å². The number of carbonyl (C=O) groups is 1. The number of ether oxygens (including phenoxy) is 2. The second-order valence-corrected chi connectivity index (χ2v) is 6.57. The average molecular weight is 363 g/mol. The van der Waals surface area contributed by atoms with Gasteiger partial charge in [-0.1, -0.05) is 36.4 Å². The van der Waals surface area contributed by atoms with Crippen LogP contribution in [0.5, 0.6) is 11.5 Å². The van der Waals surface area contributed by atoms with Crippen molar-refractivity contribution in [1.29, 1.82) is 0 Å². The smallest absolute Gasteiger partial charge is 0.231 e. The number of amides is 1. The van der Waals surface area contributed by atoms with Gasteiger partial charge >= 0.3 is 0 Å². The van der Waals surface area contributed by atoms with Crippen molar-refractivity contribution in [3.05, 3.63) is 72.0 Å². The summed E-state index contributed by atoms with van der Waals surface area (Å²) in [6.07, 6.45) is 0.986. The first-order chi connectivity index (χ1) is 13.2. The molecular weight excluding hydrogens is 342 g/mol. The standard InChI is InChI=1S/C22H21NO4/c1-23(14-16-7-10-20-21(13-16)26-15-25-20)22(24)12-9-18-8-11-19(27-18)17-5-3-2-4-6-17/h2-8,10-11,13H,9,12,14-15H2,1H3. The first kappa shape index (κ1) is 17.2. The molecule has 4 rings (SSSR count). The van der Waals surface area contributed by atoms with E-state index >= 15 is 0 Å². The first-order valence-electron chi connectivity index (χ1n) is 8.96. The van der Waals surface area contributed by atoms with Crippen LogP contribution in [0.2, 0.25) is 0 Å². The second kappa shape index (κ2) is 7.58. The molecule has 1 aromatic heterocycles. The van der Waals surface area contributed by atoms with Crippen LogP contribution in [-0.2, 0) is 17.8 Å². The van der Waals surface area contributed by atoms with Crippen LogP contribution < -0.4 is 9.47 Å². The number of hydrogen-bond acceptors (Lipinski definition) is 4. The van der Waals surface area contributed by atoms with E-state index in [0.29, 0.717) is 19.4 Å². The van der Waals surface area contributed by atoms with Crippen molar-refractivity contribution in [2.24, 2.45) is 0 Å². The van der Waals surface area contributed by atoms with Crippen LogP contribution in [0, 0.1) is 0 Å². The lowest BCUT2D eigenvalue weighted by Gasteiger charge is -2.17. The summed E-state index contributed by atoms with van der Waals surface area (Å²) >= 11 is 0. The third kappa shape index (κ3) is 3.97. The number of aryl methyl sites for hydroxylation is 1. The number of benzene rings is 2. The fourth-order valence-corrected chi connectivity index (χ4v) is 3.09. The molecule has 0 atom stereocenters. The van der Waals surface area contributed by atoms with Gasteiger partial charge in [0.25, 0.3) is 0 Å². The number of hydrogen-bond donors (Lipinski definition) is 0. The van der Waals surface area contributed by atoms with Crippen molar-refractivity contribution in [2.75, 3.05) is 13.8 Å². The maximum atomic E-state index is 12.5. The van der Waals surface area contributed by atoms with E-state index in [4.69, 9.17) is 13.9 Å². The number of rotatable bonds is 6. The number of furan rings is 1. The highest BCUT2D eigenvalue weighted by Crippen LogP contribution is 2.32. The minimum absolute atomic E-state index is 0.0744. The molecule has 27 heavy (non-hydrogen) atoms. The summed E-state index contributed by atoms with van der Waals surface area (Å²) in [5.41, 5.74) is 2.05. The van der Waals surface area contributed by atoms with E-state index in [-0.39, 0.29) is 12.7 Å². The molecule has 0 radical (unpaired) electrons. The van der Waals surface area contributed by atoms with Crippen LogP contribution in [-0.4, -0.2) is 24.6 Å². The summed E-state index contributed by atoms with van der Waals surface area (Å²) in [6, 6.07) is 19.6. The van der Waals surface area contributed by atoms with Crippen molar-refractivity contribution < 1.29 is 18.7 Å². The van der Waals surface area contributed by atoms with E-state index in [0.717, 1.165) is 34.1 Å². The van der Waals surface area contributed by atoms with E-state index in [9.17, 15) is 4.79 Å². The molecule has 3 aromatic rings. The zero-order valence-corrected chi connectivity index (χ0v) is 15.2. The Hall–Kier alpha value is -3.21.